The first kappa shape index (κ1) is 14.5. The van der Waals surface area contributed by atoms with Gasteiger partial charge in [-0.05, 0) is 43.3 Å². The molecule has 1 fully saturated rings. The topological polar surface area (TPSA) is 41.1 Å². The lowest BCUT2D eigenvalue weighted by Crippen LogP contribution is -2.23. The van der Waals surface area contributed by atoms with E-state index >= 15 is 0 Å². The molecule has 2 rings (SSSR count). The Hall–Kier alpha value is -0.580. The van der Waals surface area contributed by atoms with E-state index in [1.165, 1.54) is 11.3 Å². The lowest BCUT2D eigenvalue weighted by molar-refractivity contribution is -0.121. The smallest absolute Gasteiger partial charge is 0.220 e. The fourth-order valence-electron chi connectivity index (χ4n) is 1.98. The predicted octanol–water partition coefficient (Wildman–Crippen LogP) is 2.18. The van der Waals surface area contributed by atoms with Crippen LogP contribution < -0.4 is 10.6 Å². The average molecular weight is 275 g/mol. The van der Waals surface area contributed by atoms with Gasteiger partial charge in [0.1, 0.15) is 0 Å². The molecule has 0 aromatic carbocycles. The SMILES string of the molecule is Cl.O=C(CCC1CCNC1)NCc1cccs1. The van der Waals surface area contributed by atoms with E-state index in [2.05, 4.69) is 10.6 Å². The summed E-state index contributed by atoms with van der Waals surface area (Å²) in [6.07, 6.45) is 2.90. The van der Waals surface area contributed by atoms with Crippen LogP contribution in [0.3, 0.4) is 0 Å². The first-order valence-corrected chi connectivity index (χ1v) is 6.72. The minimum absolute atomic E-state index is 0. The second-order valence-electron chi connectivity index (χ2n) is 4.25. The van der Waals surface area contributed by atoms with Crippen LogP contribution >= 0.6 is 23.7 Å². The van der Waals surface area contributed by atoms with E-state index in [9.17, 15) is 4.79 Å². The summed E-state index contributed by atoms with van der Waals surface area (Å²) in [5.41, 5.74) is 0. The monoisotopic (exact) mass is 274 g/mol. The summed E-state index contributed by atoms with van der Waals surface area (Å²) in [6, 6.07) is 4.06. The number of thiophene rings is 1. The first-order valence-electron chi connectivity index (χ1n) is 5.84. The number of rotatable bonds is 5. The molecule has 0 spiro atoms. The lowest BCUT2D eigenvalue weighted by Gasteiger charge is -2.07. The molecule has 5 heteroatoms. The average Bonchev–Trinajstić information content (AvgIpc) is 2.96. The van der Waals surface area contributed by atoms with Gasteiger partial charge in [-0.1, -0.05) is 6.07 Å². The number of carbonyl (C=O) groups is 1. The molecule has 1 aliphatic heterocycles. The number of hydrogen-bond acceptors (Lipinski definition) is 3. The standard InChI is InChI=1S/C12H18N2OS.ClH/c15-12(4-3-10-5-6-13-8-10)14-9-11-2-1-7-16-11;/h1-2,7,10,13H,3-6,8-9H2,(H,14,15);1H. The van der Waals surface area contributed by atoms with E-state index < -0.39 is 0 Å². The molecule has 1 atom stereocenters. The van der Waals surface area contributed by atoms with Crippen molar-refractivity contribution in [1.29, 1.82) is 0 Å². The molecule has 1 amide bonds. The van der Waals surface area contributed by atoms with E-state index in [1.807, 2.05) is 17.5 Å². The molecule has 2 N–H and O–H groups in total. The number of hydrogen-bond donors (Lipinski definition) is 2. The van der Waals surface area contributed by atoms with Gasteiger partial charge in [0.05, 0.1) is 6.54 Å². The molecule has 1 saturated heterocycles. The quantitative estimate of drug-likeness (QED) is 0.864. The highest BCUT2D eigenvalue weighted by Crippen LogP contribution is 2.14. The van der Waals surface area contributed by atoms with Crippen LogP contribution in [-0.4, -0.2) is 19.0 Å². The summed E-state index contributed by atoms with van der Waals surface area (Å²) >= 11 is 1.68. The van der Waals surface area contributed by atoms with E-state index in [0.717, 1.165) is 19.5 Å². The second-order valence-corrected chi connectivity index (χ2v) is 5.29. The first-order chi connectivity index (χ1) is 7.84. The molecule has 0 aliphatic carbocycles. The molecule has 1 aliphatic rings. The van der Waals surface area contributed by atoms with Crippen molar-refractivity contribution in [3.63, 3.8) is 0 Å². The maximum atomic E-state index is 11.6. The van der Waals surface area contributed by atoms with Gasteiger partial charge in [-0.2, -0.15) is 0 Å². The molecule has 1 aromatic rings. The number of amides is 1. The molecule has 0 saturated carbocycles. The number of carbonyl (C=O) groups excluding carboxylic acids is 1. The van der Waals surface area contributed by atoms with Crippen molar-refractivity contribution in [3.05, 3.63) is 22.4 Å². The minimum Gasteiger partial charge on any atom is -0.351 e. The Kier molecular flexibility index (Phi) is 6.55. The van der Waals surface area contributed by atoms with Crippen LogP contribution in [0.5, 0.6) is 0 Å². The fourth-order valence-corrected chi connectivity index (χ4v) is 2.63. The molecule has 1 aromatic heterocycles. The highest BCUT2D eigenvalue weighted by Gasteiger charge is 2.15. The summed E-state index contributed by atoms with van der Waals surface area (Å²) in [5, 5.41) is 8.31. The molecule has 2 heterocycles. The van der Waals surface area contributed by atoms with Crippen molar-refractivity contribution in [2.45, 2.75) is 25.8 Å². The van der Waals surface area contributed by atoms with Gasteiger partial charge in [0.2, 0.25) is 5.91 Å². The van der Waals surface area contributed by atoms with Crippen LogP contribution in [0.4, 0.5) is 0 Å². The summed E-state index contributed by atoms with van der Waals surface area (Å²) < 4.78 is 0. The lowest BCUT2D eigenvalue weighted by atomic mass is 10.0. The van der Waals surface area contributed by atoms with Gasteiger partial charge in [0, 0.05) is 11.3 Å². The number of halogens is 1. The normalized spacial score (nSPS) is 18.7. The van der Waals surface area contributed by atoms with Crippen LogP contribution in [-0.2, 0) is 11.3 Å². The van der Waals surface area contributed by atoms with Gasteiger partial charge >= 0.3 is 0 Å². The predicted molar refractivity (Wildman–Crippen MR) is 73.6 cm³/mol. The molecule has 96 valence electrons. The van der Waals surface area contributed by atoms with Crippen molar-refractivity contribution in [3.8, 4) is 0 Å². The van der Waals surface area contributed by atoms with E-state index in [4.69, 9.17) is 0 Å². The van der Waals surface area contributed by atoms with Gasteiger partial charge in [-0.25, -0.2) is 0 Å². The third-order valence-corrected chi connectivity index (χ3v) is 3.86. The zero-order chi connectivity index (χ0) is 11.2. The van der Waals surface area contributed by atoms with Gasteiger partial charge in [-0.15, -0.1) is 23.7 Å². The molecule has 3 nitrogen and oxygen atoms in total. The third-order valence-electron chi connectivity index (χ3n) is 2.98. The van der Waals surface area contributed by atoms with Crippen LogP contribution in [0, 0.1) is 5.92 Å². The fraction of sp³-hybridized carbons (Fsp3) is 0.583. The molecule has 0 radical (unpaired) electrons. The molecule has 1 unspecified atom stereocenters. The highest BCUT2D eigenvalue weighted by molar-refractivity contribution is 7.09. The van der Waals surface area contributed by atoms with Crippen molar-refractivity contribution in [1.82, 2.24) is 10.6 Å². The zero-order valence-electron chi connectivity index (χ0n) is 9.78. The molecular weight excluding hydrogens is 256 g/mol. The molecule has 0 bridgehead atoms. The highest BCUT2D eigenvalue weighted by atomic mass is 35.5. The van der Waals surface area contributed by atoms with Crippen LogP contribution in [0.2, 0.25) is 0 Å². The summed E-state index contributed by atoms with van der Waals surface area (Å²) in [7, 11) is 0. The Labute approximate surface area is 112 Å². The van der Waals surface area contributed by atoms with Crippen molar-refractivity contribution in [2.75, 3.05) is 13.1 Å². The third kappa shape index (κ3) is 5.06. The van der Waals surface area contributed by atoms with Crippen molar-refractivity contribution >= 4 is 29.7 Å². The van der Waals surface area contributed by atoms with E-state index in [0.29, 0.717) is 18.9 Å². The summed E-state index contributed by atoms with van der Waals surface area (Å²) in [4.78, 5) is 12.8. The second kappa shape index (κ2) is 7.69. The van der Waals surface area contributed by atoms with Crippen LogP contribution in [0.1, 0.15) is 24.1 Å². The van der Waals surface area contributed by atoms with Gasteiger partial charge < -0.3 is 10.6 Å². The summed E-state index contributed by atoms with van der Waals surface area (Å²) in [6.45, 7) is 2.87. The Morgan fingerprint density at radius 2 is 2.47 bits per heavy atom. The Bertz CT molecular complexity index is 323. The Morgan fingerprint density at radius 1 is 1.59 bits per heavy atom. The van der Waals surface area contributed by atoms with Crippen LogP contribution in [0.15, 0.2) is 17.5 Å². The van der Waals surface area contributed by atoms with Gasteiger partial charge in [0.25, 0.3) is 0 Å². The van der Waals surface area contributed by atoms with Gasteiger partial charge in [0.15, 0.2) is 0 Å². The molecular formula is C12H19ClN2OS. The number of nitrogens with one attached hydrogen (secondary N) is 2. The van der Waals surface area contributed by atoms with Crippen molar-refractivity contribution in [2.24, 2.45) is 5.92 Å². The maximum absolute atomic E-state index is 11.6. The Balaban J connectivity index is 0.00000144. The summed E-state index contributed by atoms with van der Waals surface area (Å²) in [5.74, 6) is 0.882. The van der Waals surface area contributed by atoms with Crippen LogP contribution in [0.25, 0.3) is 0 Å². The minimum atomic E-state index is 0. The molecule has 17 heavy (non-hydrogen) atoms. The largest absolute Gasteiger partial charge is 0.351 e. The van der Waals surface area contributed by atoms with E-state index in [1.54, 1.807) is 11.3 Å². The van der Waals surface area contributed by atoms with Gasteiger partial charge in [-0.3, -0.25) is 4.79 Å². The maximum Gasteiger partial charge on any atom is 0.220 e. The van der Waals surface area contributed by atoms with E-state index in [-0.39, 0.29) is 18.3 Å². The zero-order valence-corrected chi connectivity index (χ0v) is 11.4. The Morgan fingerprint density at radius 3 is 3.12 bits per heavy atom. The van der Waals surface area contributed by atoms with Crippen molar-refractivity contribution < 1.29 is 4.79 Å².